The van der Waals surface area contributed by atoms with Crippen LogP contribution in [0.15, 0.2) is 41.8 Å². The van der Waals surface area contributed by atoms with Crippen LogP contribution in [0, 0.1) is 11.6 Å². The van der Waals surface area contributed by atoms with E-state index in [1.807, 2.05) is 0 Å². The van der Waals surface area contributed by atoms with E-state index >= 15 is 0 Å². The molecule has 0 unspecified atom stereocenters. The number of phenols is 1. The van der Waals surface area contributed by atoms with E-state index in [0.717, 1.165) is 17.7 Å². The number of phenolic OH excluding ortho intramolecular Hbond substituents is 1. The van der Waals surface area contributed by atoms with Crippen molar-refractivity contribution in [3.05, 3.63) is 64.7 Å². The zero-order chi connectivity index (χ0) is 18.0. The Kier molecular flexibility index (Phi) is 4.62. The number of aromatic nitrogens is 1. The lowest BCUT2D eigenvalue weighted by atomic mass is 10.1. The van der Waals surface area contributed by atoms with Crippen molar-refractivity contribution in [1.82, 2.24) is 4.98 Å². The number of nitrogens with zero attached hydrogens (tertiary/aromatic N) is 1. The number of amides is 1. The third-order valence-electron chi connectivity index (χ3n) is 3.32. The lowest BCUT2D eigenvalue weighted by molar-refractivity contribution is 0.0991. The van der Waals surface area contributed by atoms with Gasteiger partial charge in [0.25, 0.3) is 5.91 Å². The maximum atomic E-state index is 14.1. The predicted octanol–water partition coefficient (Wildman–Crippen LogP) is 3.47. The van der Waals surface area contributed by atoms with Gasteiger partial charge in [0.1, 0.15) is 28.7 Å². The summed E-state index contributed by atoms with van der Waals surface area (Å²) in [4.78, 5) is 15.4. The first-order valence-corrected chi connectivity index (χ1v) is 7.98. The number of hydrogen-bond donors (Lipinski definition) is 2. The third-order valence-corrected chi connectivity index (χ3v) is 4.26. The van der Waals surface area contributed by atoms with Gasteiger partial charge >= 0.3 is 0 Å². The molecule has 25 heavy (non-hydrogen) atoms. The van der Waals surface area contributed by atoms with Gasteiger partial charge in [-0.25, -0.2) is 13.8 Å². The molecule has 0 aliphatic carbocycles. The van der Waals surface area contributed by atoms with Gasteiger partial charge in [-0.3, -0.25) is 4.79 Å². The second-order valence-electron chi connectivity index (χ2n) is 5.08. The minimum Gasteiger partial charge on any atom is -0.508 e. The Bertz CT molecular complexity index is 943. The van der Waals surface area contributed by atoms with Gasteiger partial charge < -0.3 is 15.6 Å². The normalized spacial score (nSPS) is 10.6. The van der Waals surface area contributed by atoms with E-state index in [1.54, 1.807) is 29.6 Å². The summed E-state index contributed by atoms with van der Waals surface area (Å²) in [5.41, 5.74) is 5.39. The van der Waals surface area contributed by atoms with Crippen molar-refractivity contribution in [3.63, 3.8) is 0 Å². The van der Waals surface area contributed by atoms with Gasteiger partial charge in [-0.15, -0.1) is 11.3 Å². The number of hydrogen-bond acceptors (Lipinski definition) is 5. The van der Waals surface area contributed by atoms with E-state index in [2.05, 4.69) is 4.98 Å². The first-order chi connectivity index (χ1) is 12.0. The van der Waals surface area contributed by atoms with Gasteiger partial charge in [0.05, 0.1) is 5.69 Å². The van der Waals surface area contributed by atoms with Gasteiger partial charge in [0.2, 0.25) is 0 Å². The van der Waals surface area contributed by atoms with Crippen LogP contribution in [0.5, 0.6) is 11.5 Å². The minimum atomic E-state index is -1.21. The number of primary amides is 1. The van der Waals surface area contributed by atoms with Crippen LogP contribution in [0.4, 0.5) is 8.78 Å². The summed E-state index contributed by atoms with van der Waals surface area (Å²) in [7, 11) is 0. The van der Waals surface area contributed by atoms with Crippen molar-refractivity contribution in [3.8, 4) is 22.1 Å². The van der Waals surface area contributed by atoms with Crippen molar-refractivity contribution in [1.29, 1.82) is 0 Å². The Morgan fingerprint density at radius 3 is 2.80 bits per heavy atom. The SMILES string of the molecule is NC(=O)c1c(F)ccc(OCc2csc(-c3cccc(O)c3)n2)c1F. The molecular formula is C17H12F2N2O3S. The van der Waals surface area contributed by atoms with Crippen LogP contribution in [0.25, 0.3) is 10.6 Å². The van der Waals surface area contributed by atoms with Crippen LogP contribution < -0.4 is 10.5 Å². The molecule has 0 radical (unpaired) electrons. The highest BCUT2D eigenvalue weighted by Crippen LogP contribution is 2.28. The van der Waals surface area contributed by atoms with Gasteiger partial charge in [-0.2, -0.15) is 0 Å². The molecule has 0 saturated heterocycles. The number of carbonyl (C=O) groups is 1. The minimum absolute atomic E-state index is 0.0733. The Labute approximate surface area is 145 Å². The van der Waals surface area contributed by atoms with Gasteiger partial charge in [-0.05, 0) is 24.3 Å². The second kappa shape index (κ2) is 6.86. The number of ether oxygens (including phenoxy) is 1. The Morgan fingerprint density at radius 1 is 1.28 bits per heavy atom. The smallest absolute Gasteiger partial charge is 0.254 e. The fourth-order valence-electron chi connectivity index (χ4n) is 2.17. The van der Waals surface area contributed by atoms with E-state index < -0.39 is 23.1 Å². The zero-order valence-electron chi connectivity index (χ0n) is 12.7. The summed E-state index contributed by atoms with van der Waals surface area (Å²) in [5.74, 6) is -3.56. The standard InChI is InChI=1S/C17H12F2N2O3S/c18-12-4-5-13(15(19)14(12)16(20)23)24-7-10-8-25-17(21-10)9-2-1-3-11(22)6-9/h1-6,8,22H,7H2,(H2,20,23). The summed E-state index contributed by atoms with van der Waals surface area (Å²) in [5, 5.41) is 11.9. The van der Waals surface area contributed by atoms with Crippen LogP contribution in [0.2, 0.25) is 0 Å². The fourth-order valence-corrected chi connectivity index (χ4v) is 2.97. The zero-order valence-corrected chi connectivity index (χ0v) is 13.5. The maximum Gasteiger partial charge on any atom is 0.254 e. The quantitative estimate of drug-likeness (QED) is 0.728. The molecule has 0 spiro atoms. The van der Waals surface area contributed by atoms with Crippen LogP contribution >= 0.6 is 11.3 Å². The average molecular weight is 362 g/mol. The summed E-state index contributed by atoms with van der Waals surface area (Å²) in [6, 6.07) is 8.61. The van der Waals surface area contributed by atoms with Crippen LogP contribution in [0.1, 0.15) is 16.1 Å². The van der Waals surface area contributed by atoms with Crippen molar-refractivity contribution in [2.45, 2.75) is 6.61 Å². The van der Waals surface area contributed by atoms with Crippen molar-refractivity contribution in [2.24, 2.45) is 5.73 Å². The topological polar surface area (TPSA) is 85.4 Å². The second-order valence-corrected chi connectivity index (χ2v) is 5.94. The van der Waals surface area contributed by atoms with E-state index in [1.165, 1.54) is 11.3 Å². The molecule has 128 valence electrons. The molecule has 3 N–H and O–H groups in total. The first kappa shape index (κ1) is 16.8. The average Bonchev–Trinajstić information content (AvgIpc) is 3.03. The van der Waals surface area contributed by atoms with E-state index in [-0.39, 0.29) is 18.1 Å². The molecule has 8 heteroatoms. The largest absolute Gasteiger partial charge is 0.508 e. The number of carbonyl (C=O) groups excluding carboxylic acids is 1. The van der Waals surface area contributed by atoms with Crippen LogP contribution in [0.3, 0.4) is 0 Å². The van der Waals surface area contributed by atoms with Crippen molar-refractivity contribution in [2.75, 3.05) is 0 Å². The number of aromatic hydroxyl groups is 1. The van der Waals surface area contributed by atoms with Crippen molar-refractivity contribution >= 4 is 17.2 Å². The Hall–Kier alpha value is -3.00. The Balaban J connectivity index is 1.77. The number of halogens is 2. The molecule has 0 aliphatic heterocycles. The van der Waals surface area contributed by atoms with Crippen molar-refractivity contribution < 1.29 is 23.4 Å². The molecule has 3 rings (SSSR count). The molecule has 0 atom stereocenters. The first-order valence-electron chi connectivity index (χ1n) is 7.10. The molecule has 0 fully saturated rings. The summed E-state index contributed by atoms with van der Waals surface area (Å²) in [6.07, 6.45) is 0. The molecule has 1 aromatic heterocycles. The predicted molar refractivity (Wildman–Crippen MR) is 88.4 cm³/mol. The third kappa shape index (κ3) is 3.58. The van der Waals surface area contributed by atoms with E-state index in [9.17, 15) is 18.7 Å². The number of thiazole rings is 1. The lowest BCUT2D eigenvalue weighted by Gasteiger charge is -2.08. The number of benzene rings is 2. The number of nitrogens with two attached hydrogens (primary N) is 1. The van der Waals surface area contributed by atoms with Gasteiger partial charge in [-0.1, -0.05) is 12.1 Å². The lowest BCUT2D eigenvalue weighted by Crippen LogP contribution is -2.16. The van der Waals surface area contributed by atoms with Crippen LogP contribution in [-0.2, 0) is 6.61 Å². The van der Waals surface area contributed by atoms with Gasteiger partial charge in [0, 0.05) is 10.9 Å². The molecule has 1 heterocycles. The van der Waals surface area contributed by atoms with Crippen LogP contribution in [-0.4, -0.2) is 16.0 Å². The number of rotatable bonds is 5. The molecule has 3 aromatic rings. The summed E-state index contributed by atoms with van der Waals surface area (Å²) in [6.45, 7) is -0.0733. The monoisotopic (exact) mass is 362 g/mol. The highest BCUT2D eigenvalue weighted by Gasteiger charge is 2.19. The van der Waals surface area contributed by atoms with E-state index in [0.29, 0.717) is 10.7 Å². The molecule has 0 aliphatic rings. The molecule has 1 amide bonds. The highest BCUT2D eigenvalue weighted by atomic mass is 32.1. The fraction of sp³-hybridized carbons (Fsp3) is 0.0588. The van der Waals surface area contributed by atoms with E-state index in [4.69, 9.17) is 10.5 Å². The Morgan fingerprint density at radius 2 is 2.08 bits per heavy atom. The summed E-state index contributed by atoms with van der Waals surface area (Å²) >= 11 is 1.33. The molecule has 0 bridgehead atoms. The maximum absolute atomic E-state index is 14.1. The van der Waals surface area contributed by atoms with Gasteiger partial charge in [0.15, 0.2) is 11.6 Å². The molecule has 0 saturated carbocycles. The molecule has 5 nitrogen and oxygen atoms in total. The molecule has 2 aromatic carbocycles. The highest BCUT2D eigenvalue weighted by molar-refractivity contribution is 7.13. The summed E-state index contributed by atoms with van der Waals surface area (Å²) < 4.78 is 32.8. The molecular weight excluding hydrogens is 350 g/mol.